The molecule has 3 aromatic rings. The molecule has 3 aromatic heterocycles. The van der Waals surface area contributed by atoms with Crippen LogP contribution < -0.4 is 4.90 Å². The van der Waals surface area contributed by atoms with Gasteiger partial charge in [-0.3, -0.25) is 5.10 Å². The Balaban J connectivity index is 1.80. The van der Waals surface area contributed by atoms with E-state index in [-0.39, 0.29) is 6.04 Å². The van der Waals surface area contributed by atoms with Crippen LogP contribution in [0.3, 0.4) is 0 Å². The van der Waals surface area contributed by atoms with Crippen LogP contribution in [0, 0.1) is 0 Å². The van der Waals surface area contributed by atoms with Crippen LogP contribution in [0.2, 0.25) is 0 Å². The topological polar surface area (TPSA) is 101 Å². The largest absolute Gasteiger partial charge is 0.377 e. The predicted molar refractivity (Wildman–Crippen MR) is 113 cm³/mol. The van der Waals surface area contributed by atoms with E-state index in [0.717, 1.165) is 47.7 Å². The van der Waals surface area contributed by atoms with Crippen molar-refractivity contribution in [1.82, 2.24) is 25.0 Å². The lowest BCUT2D eigenvalue weighted by molar-refractivity contribution is 0.0985. The van der Waals surface area contributed by atoms with E-state index in [1.807, 2.05) is 12.1 Å². The fourth-order valence-corrected chi connectivity index (χ4v) is 4.43. The average molecular weight is 416 g/mol. The predicted octanol–water partition coefficient (Wildman–Crippen LogP) is 2.61. The summed E-state index contributed by atoms with van der Waals surface area (Å²) < 4.78 is 24.6. The van der Waals surface area contributed by atoms with Gasteiger partial charge in [0.25, 0.3) is 0 Å². The second-order valence-electron chi connectivity index (χ2n) is 8.10. The average Bonchev–Trinajstić information content (AvgIpc) is 3.22. The highest BCUT2D eigenvalue weighted by molar-refractivity contribution is 7.92. The van der Waals surface area contributed by atoms with E-state index in [1.54, 1.807) is 23.4 Å². The molecule has 1 saturated carbocycles. The Kier molecular flexibility index (Phi) is 4.36. The van der Waals surface area contributed by atoms with Gasteiger partial charge in [0.05, 0.1) is 42.2 Å². The van der Waals surface area contributed by atoms with Gasteiger partial charge in [-0.15, -0.1) is 0 Å². The summed E-state index contributed by atoms with van der Waals surface area (Å²) in [6, 6.07) is 4.02. The molecule has 0 bridgehead atoms. The highest BCUT2D eigenvalue weighted by Gasteiger charge is 2.32. The Labute approximate surface area is 169 Å². The molecule has 1 N–H and O–H groups in total. The molecule has 1 aliphatic carbocycles. The highest BCUT2D eigenvalue weighted by atomic mass is 32.2. The van der Waals surface area contributed by atoms with Crippen LogP contribution in [0.4, 0.5) is 11.5 Å². The zero-order valence-corrected chi connectivity index (χ0v) is 17.6. The SMILES string of the molecule is C[C@@H]1COCCN1c1cc(N=S(C)(C)=O)c2c(C3CC3)nn(-c3ccn[nH]3)c2n1. The van der Waals surface area contributed by atoms with Gasteiger partial charge in [0.1, 0.15) is 5.82 Å². The normalized spacial score (nSPS) is 20.4. The first-order valence-electron chi connectivity index (χ1n) is 9.85. The quantitative estimate of drug-likeness (QED) is 0.703. The van der Waals surface area contributed by atoms with Crippen LogP contribution in [0.1, 0.15) is 31.4 Å². The molecule has 10 heteroatoms. The van der Waals surface area contributed by atoms with Crippen molar-refractivity contribution in [2.75, 3.05) is 37.2 Å². The van der Waals surface area contributed by atoms with E-state index < -0.39 is 9.73 Å². The number of nitrogens with zero attached hydrogens (tertiary/aromatic N) is 6. The van der Waals surface area contributed by atoms with Gasteiger partial charge >= 0.3 is 0 Å². The molecule has 0 aromatic carbocycles. The number of rotatable bonds is 4. The first-order valence-corrected chi connectivity index (χ1v) is 12.2. The highest BCUT2D eigenvalue weighted by Crippen LogP contribution is 2.46. The van der Waals surface area contributed by atoms with Gasteiger partial charge in [-0.25, -0.2) is 9.19 Å². The summed E-state index contributed by atoms with van der Waals surface area (Å²) in [5.41, 5.74) is 2.40. The van der Waals surface area contributed by atoms with Crippen LogP contribution in [-0.2, 0) is 14.5 Å². The number of hydrogen-bond donors (Lipinski definition) is 1. The molecule has 29 heavy (non-hydrogen) atoms. The van der Waals surface area contributed by atoms with Gasteiger partial charge < -0.3 is 9.64 Å². The molecule has 5 rings (SSSR count). The number of anilines is 1. The van der Waals surface area contributed by atoms with E-state index in [9.17, 15) is 4.21 Å². The number of aromatic nitrogens is 5. The van der Waals surface area contributed by atoms with E-state index >= 15 is 0 Å². The number of nitrogens with one attached hydrogen (secondary N) is 1. The maximum absolute atomic E-state index is 12.6. The molecule has 1 atom stereocenters. The standard InChI is InChI=1S/C19H25N7O2S/c1-12-11-28-9-8-25(12)16-10-14(24-29(2,3)27)17-18(13-4-5-13)23-26(19(17)21-16)15-6-7-20-22-15/h6-7,10,12-13H,4-5,8-9,11H2,1-3H3,(H,20,22)/t12-/m1/s1. The first kappa shape index (κ1) is 18.6. The molecule has 0 unspecified atom stereocenters. The van der Waals surface area contributed by atoms with Crippen LogP contribution in [0.5, 0.6) is 0 Å². The first-order chi connectivity index (χ1) is 13.9. The van der Waals surface area contributed by atoms with Crippen molar-refractivity contribution in [2.24, 2.45) is 4.36 Å². The number of ether oxygens (including phenoxy) is 1. The molecule has 1 aliphatic heterocycles. The molecule has 4 heterocycles. The lowest BCUT2D eigenvalue weighted by atomic mass is 10.1. The number of fused-ring (bicyclic) bond motifs is 1. The van der Waals surface area contributed by atoms with Crippen molar-refractivity contribution in [3.05, 3.63) is 24.0 Å². The van der Waals surface area contributed by atoms with Gasteiger partial charge in [0, 0.05) is 46.8 Å². The van der Waals surface area contributed by atoms with E-state index in [4.69, 9.17) is 14.8 Å². The van der Waals surface area contributed by atoms with Gasteiger partial charge in [0.2, 0.25) is 0 Å². The zero-order chi connectivity index (χ0) is 20.2. The summed E-state index contributed by atoms with van der Waals surface area (Å²) in [7, 11) is -2.35. The summed E-state index contributed by atoms with van der Waals surface area (Å²) in [4.78, 5) is 7.22. The van der Waals surface area contributed by atoms with E-state index in [1.165, 1.54) is 0 Å². The van der Waals surface area contributed by atoms with Crippen LogP contribution >= 0.6 is 0 Å². The molecule has 2 fully saturated rings. The fraction of sp³-hybridized carbons (Fsp3) is 0.526. The minimum Gasteiger partial charge on any atom is -0.377 e. The second-order valence-corrected chi connectivity index (χ2v) is 10.6. The van der Waals surface area contributed by atoms with Crippen molar-refractivity contribution in [3.63, 3.8) is 0 Å². The summed E-state index contributed by atoms with van der Waals surface area (Å²) >= 11 is 0. The van der Waals surface area contributed by atoms with Crippen molar-refractivity contribution < 1.29 is 8.95 Å². The third kappa shape index (κ3) is 3.51. The summed E-state index contributed by atoms with van der Waals surface area (Å²) in [5, 5.41) is 12.8. The Morgan fingerprint density at radius 3 is 2.83 bits per heavy atom. The fourth-order valence-electron chi connectivity index (χ4n) is 3.81. The lowest BCUT2D eigenvalue weighted by Gasteiger charge is -2.34. The number of pyridine rings is 1. The zero-order valence-electron chi connectivity index (χ0n) is 16.8. The number of morpholine rings is 1. The lowest BCUT2D eigenvalue weighted by Crippen LogP contribution is -2.44. The minimum absolute atomic E-state index is 0.195. The van der Waals surface area contributed by atoms with Crippen LogP contribution in [0.25, 0.3) is 16.9 Å². The molecule has 9 nitrogen and oxygen atoms in total. The van der Waals surface area contributed by atoms with Crippen molar-refractivity contribution in [3.8, 4) is 5.82 Å². The number of aromatic amines is 1. The van der Waals surface area contributed by atoms with Crippen LogP contribution in [0.15, 0.2) is 22.7 Å². The van der Waals surface area contributed by atoms with Crippen molar-refractivity contribution in [2.45, 2.75) is 31.7 Å². The minimum atomic E-state index is -2.35. The maximum Gasteiger partial charge on any atom is 0.169 e. The molecule has 154 valence electrons. The molecule has 1 saturated heterocycles. The molecule has 0 radical (unpaired) electrons. The Hall–Kier alpha value is -2.46. The monoisotopic (exact) mass is 415 g/mol. The maximum atomic E-state index is 12.6. The molecular formula is C19H25N7O2S. The Morgan fingerprint density at radius 2 is 2.17 bits per heavy atom. The van der Waals surface area contributed by atoms with Crippen molar-refractivity contribution >= 4 is 32.3 Å². The second kappa shape index (κ2) is 6.81. The Morgan fingerprint density at radius 1 is 1.34 bits per heavy atom. The summed E-state index contributed by atoms with van der Waals surface area (Å²) in [6.07, 6.45) is 7.22. The van der Waals surface area contributed by atoms with Gasteiger partial charge in [-0.05, 0) is 19.8 Å². The molecule has 0 amide bonds. The Bertz CT molecular complexity index is 1170. The van der Waals surface area contributed by atoms with Gasteiger partial charge in [-0.1, -0.05) is 0 Å². The summed E-state index contributed by atoms with van der Waals surface area (Å²) in [6.45, 7) is 4.17. The number of H-pyrrole nitrogens is 1. The summed E-state index contributed by atoms with van der Waals surface area (Å²) in [5.74, 6) is 1.95. The van der Waals surface area contributed by atoms with E-state index in [0.29, 0.717) is 24.8 Å². The smallest absolute Gasteiger partial charge is 0.169 e. The van der Waals surface area contributed by atoms with Crippen LogP contribution in [-0.4, -0.2) is 67.5 Å². The third-order valence-electron chi connectivity index (χ3n) is 5.29. The molecule has 2 aliphatic rings. The third-order valence-corrected chi connectivity index (χ3v) is 5.93. The van der Waals surface area contributed by atoms with Gasteiger partial charge in [-0.2, -0.15) is 19.2 Å². The molecule has 0 spiro atoms. The van der Waals surface area contributed by atoms with E-state index in [2.05, 4.69) is 26.4 Å². The number of hydrogen-bond acceptors (Lipinski definition) is 7. The molecular weight excluding hydrogens is 390 g/mol. The van der Waals surface area contributed by atoms with Crippen molar-refractivity contribution in [1.29, 1.82) is 0 Å². The van der Waals surface area contributed by atoms with Gasteiger partial charge in [0.15, 0.2) is 11.5 Å².